The number of aromatic nitrogens is 2. The fourth-order valence-electron chi connectivity index (χ4n) is 3.17. The van der Waals surface area contributed by atoms with Crippen molar-refractivity contribution in [2.45, 2.75) is 24.9 Å². The third-order valence-electron chi connectivity index (χ3n) is 4.27. The number of piperidine rings is 1. The molecule has 20 heavy (non-hydrogen) atoms. The zero-order chi connectivity index (χ0) is 13.5. The first-order chi connectivity index (χ1) is 9.81. The average molecular weight is 278 g/mol. The van der Waals surface area contributed by atoms with Crippen LogP contribution in [0, 0.1) is 0 Å². The summed E-state index contributed by atoms with van der Waals surface area (Å²) in [4.78, 5) is 15.7. The van der Waals surface area contributed by atoms with Crippen LogP contribution in [-0.2, 0) is 0 Å². The van der Waals surface area contributed by atoms with Crippen molar-refractivity contribution >= 4 is 12.0 Å². The predicted octanol–water partition coefficient (Wildman–Crippen LogP) is -0.292. The molecule has 1 aromatic heterocycles. The standard InChI is InChI=1S/C12H18N6O2/c19-11-14-8-1-2-9(18(11)7-8)10-15-16-12(20-10)17-5-3-13-4-6-17/h8-9,13H,1-7H2,(H,14,19). The van der Waals surface area contributed by atoms with Crippen molar-refractivity contribution in [3.63, 3.8) is 0 Å². The Hall–Kier alpha value is -1.83. The van der Waals surface area contributed by atoms with Gasteiger partial charge < -0.3 is 24.9 Å². The van der Waals surface area contributed by atoms with Crippen molar-refractivity contribution in [2.75, 3.05) is 37.6 Å². The van der Waals surface area contributed by atoms with E-state index in [0.717, 1.165) is 45.6 Å². The highest BCUT2D eigenvalue weighted by atomic mass is 16.4. The molecule has 2 bridgehead atoms. The number of amides is 2. The molecular formula is C12H18N6O2. The van der Waals surface area contributed by atoms with Gasteiger partial charge in [0.05, 0.1) is 0 Å². The van der Waals surface area contributed by atoms with Gasteiger partial charge in [0.1, 0.15) is 6.04 Å². The molecule has 8 heteroatoms. The van der Waals surface area contributed by atoms with Gasteiger partial charge in [-0.2, -0.15) is 0 Å². The van der Waals surface area contributed by atoms with E-state index in [1.54, 1.807) is 0 Å². The van der Waals surface area contributed by atoms with E-state index in [9.17, 15) is 4.79 Å². The molecule has 4 rings (SSSR count). The Bertz CT molecular complexity index is 512. The summed E-state index contributed by atoms with van der Waals surface area (Å²) in [5.41, 5.74) is 0. The highest BCUT2D eigenvalue weighted by Gasteiger charge is 2.41. The second-order valence-corrected chi connectivity index (χ2v) is 5.55. The highest BCUT2D eigenvalue weighted by molar-refractivity contribution is 5.77. The largest absolute Gasteiger partial charge is 0.406 e. The number of piperazine rings is 1. The summed E-state index contributed by atoms with van der Waals surface area (Å²) in [5.74, 6) is 0.564. The maximum atomic E-state index is 11.9. The second-order valence-electron chi connectivity index (χ2n) is 5.55. The molecule has 3 fully saturated rings. The van der Waals surface area contributed by atoms with Gasteiger partial charge in [-0.05, 0) is 12.8 Å². The van der Waals surface area contributed by atoms with Gasteiger partial charge in [0.15, 0.2) is 0 Å². The van der Waals surface area contributed by atoms with Crippen molar-refractivity contribution in [2.24, 2.45) is 0 Å². The Morgan fingerprint density at radius 2 is 2.05 bits per heavy atom. The van der Waals surface area contributed by atoms with E-state index in [1.165, 1.54) is 0 Å². The Labute approximate surface area is 116 Å². The molecule has 2 unspecified atom stereocenters. The smallest absolute Gasteiger partial charge is 0.318 e. The Morgan fingerprint density at radius 3 is 2.90 bits per heavy atom. The summed E-state index contributed by atoms with van der Waals surface area (Å²) in [6, 6.07) is 0.773. The molecule has 3 aliphatic heterocycles. The van der Waals surface area contributed by atoms with Gasteiger partial charge in [-0.1, -0.05) is 5.10 Å². The molecule has 2 N–H and O–H groups in total. The number of carbonyl (C=O) groups is 1. The van der Waals surface area contributed by atoms with Crippen LogP contribution in [0.5, 0.6) is 0 Å². The molecule has 8 nitrogen and oxygen atoms in total. The van der Waals surface area contributed by atoms with Gasteiger partial charge in [-0.25, -0.2) is 4.79 Å². The number of fused-ring (bicyclic) bond motifs is 2. The highest BCUT2D eigenvalue weighted by Crippen LogP contribution is 2.34. The summed E-state index contributed by atoms with van der Waals surface area (Å²) in [6.07, 6.45) is 1.85. The van der Waals surface area contributed by atoms with E-state index < -0.39 is 0 Å². The van der Waals surface area contributed by atoms with Gasteiger partial charge >= 0.3 is 12.0 Å². The minimum atomic E-state index is -0.0714. The van der Waals surface area contributed by atoms with Crippen LogP contribution >= 0.6 is 0 Å². The number of urea groups is 1. The lowest BCUT2D eigenvalue weighted by atomic mass is 10.0. The first kappa shape index (κ1) is 12.0. The Balaban J connectivity index is 1.54. The first-order valence-corrected chi connectivity index (χ1v) is 7.17. The fraction of sp³-hybridized carbons (Fsp3) is 0.750. The van der Waals surface area contributed by atoms with Crippen molar-refractivity contribution in [3.05, 3.63) is 5.89 Å². The normalized spacial score (nSPS) is 29.7. The summed E-state index contributed by atoms with van der Waals surface area (Å²) in [5, 5.41) is 14.6. The van der Waals surface area contributed by atoms with E-state index in [4.69, 9.17) is 4.42 Å². The number of rotatable bonds is 2. The lowest BCUT2D eigenvalue weighted by molar-refractivity contribution is 0.168. The third-order valence-corrected chi connectivity index (χ3v) is 4.27. The predicted molar refractivity (Wildman–Crippen MR) is 70.4 cm³/mol. The van der Waals surface area contributed by atoms with Crippen molar-refractivity contribution in [3.8, 4) is 0 Å². The molecule has 0 aromatic carbocycles. The van der Waals surface area contributed by atoms with E-state index >= 15 is 0 Å². The first-order valence-electron chi connectivity index (χ1n) is 7.17. The second kappa shape index (κ2) is 4.62. The lowest BCUT2D eigenvalue weighted by Gasteiger charge is -2.28. The molecule has 3 saturated heterocycles. The van der Waals surface area contributed by atoms with Crippen LogP contribution in [0.15, 0.2) is 4.42 Å². The van der Waals surface area contributed by atoms with E-state index in [1.807, 2.05) is 4.90 Å². The van der Waals surface area contributed by atoms with Gasteiger partial charge in [-0.15, -0.1) is 5.10 Å². The molecular weight excluding hydrogens is 260 g/mol. The average Bonchev–Trinajstić information content (AvgIpc) is 3.07. The molecule has 0 spiro atoms. The Morgan fingerprint density at radius 1 is 1.20 bits per heavy atom. The topological polar surface area (TPSA) is 86.5 Å². The number of hydrogen-bond donors (Lipinski definition) is 2. The van der Waals surface area contributed by atoms with Crippen LogP contribution in [-0.4, -0.2) is 59.9 Å². The number of nitrogens with one attached hydrogen (secondary N) is 2. The zero-order valence-corrected chi connectivity index (χ0v) is 11.2. The minimum Gasteiger partial charge on any atom is -0.406 e. The van der Waals surface area contributed by atoms with Crippen LogP contribution in [0.3, 0.4) is 0 Å². The maximum Gasteiger partial charge on any atom is 0.318 e. The molecule has 0 saturated carbocycles. The monoisotopic (exact) mass is 278 g/mol. The van der Waals surface area contributed by atoms with Gasteiger partial charge in [-0.3, -0.25) is 0 Å². The van der Waals surface area contributed by atoms with E-state index in [2.05, 4.69) is 25.7 Å². The Kier molecular flexibility index (Phi) is 2.76. The summed E-state index contributed by atoms with van der Waals surface area (Å²) in [7, 11) is 0. The molecule has 2 amide bonds. The molecule has 4 heterocycles. The number of carbonyl (C=O) groups excluding carboxylic acids is 1. The van der Waals surface area contributed by atoms with Gasteiger partial charge in [0.25, 0.3) is 0 Å². The van der Waals surface area contributed by atoms with Crippen LogP contribution in [0.1, 0.15) is 24.8 Å². The SMILES string of the molecule is O=C1NC2CCC(c3nnc(N4CCNCC4)o3)N1C2. The van der Waals surface area contributed by atoms with Crippen LogP contribution in [0.4, 0.5) is 10.8 Å². The van der Waals surface area contributed by atoms with E-state index in [-0.39, 0.29) is 18.1 Å². The lowest BCUT2D eigenvalue weighted by Crippen LogP contribution is -2.43. The maximum absolute atomic E-state index is 11.9. The summed E-state index contributed by atoms with van der Waals surface area (Å²) >= 11 is 0. The van der Waals surface area contributed by atoms with Crippen LogP contribution < -0.4 is 15.5 Å². The van der Waals surface area contributed by atoms with Crippen LogP contribution in [0.25, 0.3) is 0 Å². The molecule has 0 aliphatic carbocycles. The van der Waals surface area contributed by atoms with E-state index in [0.29, 0.717) is 11.9 Å². The quantitative estimate of drug-likeness (QED) is 0.773. The molecule has 0 radical (unpaired) electrons. The van der Waals surface area contributed by atoms with Crippen molar-refractivity contribution in [1.82, 2.24) is 25.7 Å². The van der Waals surface area contributed by atoms with Gasteiger partial charge in [0, 0.05) is 38.8 Å². The molecule has 108 valence electrons. The fourth-order valence-corrected chi connectivity index (χ4v) is 3.17. The third kappa shape index (κ3) is 1.91. The molecule has 3 aliphatic rings. The summed E-state index contributed by atoms with van der Waals surface area (Å²) in [6.45, 7) is 4.35. The number of anilines is 1. The van der Waals surface area contributed by atoms with Crippen molar-refractivity contribution in [1.29, 1.82) is 0 Å². The van der Waals surface area contributed by atoms with Crippen molar-refractivity contribution < 1.29 is 9.21 Å². The molecule has 1 aromatic rings. The minimum absolute atomic E-state index is 0.0144. The van der Waals surface area contributed by atoms with Crippen LogP contribution in [0.2, 0.25) is 0 Å². The number of nitrogens with zero attached hydrogens (tertiary/aromatic N) is 4. The number of hydrogen-bond acceptors (Lipinski definition) is 6. The zero-order valence-electron chi connectivity index (χ0n) is 11.2. The molecule has 2 atom stereocenters. The van der Waals surface area contributed by atoms with Gasteiger partial charge in [0.2, 0.25) is 5.89 Å². The summed E-state index contributed by atoms with van der Waals surface area (Å²) < 4.78 is 5.82.